The predicted octanol–water partition coefficient (Wildman–Crippen LogP) is 3.47. The number of hydrogen-bond donors (Lipinski definition) is 2. The van der Waals surface area contributed by atoms with E-state index >= 15 is 0 Å². The van der Waals surface area contributed by atoms with Gasteiger partial charge in [-0.15, -0.1) is 0 Å². The zero-order chi connectivity index (χ0) is 31.7. The number of hydrogen-bond acceptors (Lipinski definition) is 5. The van der Waals surface area contributed by atoms with E-state index in [-0.39, 0.29) is 18.7 Å². The maximum atomic E-state index is 14.3. The molecule has 2 atom stereocenters. The first-order valence-corrected chi connectivity index (χ1v) is 14.3. The summed E-state index contributed by atoms with van der Waals surface area (Å²) in [6.07, 6.45) is 4.09. The van der Waals surface area contributed by atoms with Crippen molar-refractivity contribution in [3.05, 3.63) is 96.1 Å². The van der Waals surface area contributed by atoms with Crippen LogP contribution in [0.25, 0.3) is 10.8 Å². The number of nitrogens with one attached hydrogen (secondary N) is 1. The Morgan fingerprint density at radius 2 is 1.37 bits per heavy atom. The first-order valence-electron chi connectivity index (χ1n) is 14.3. The van der Waals surface area contributed by atoms with Crippen molar-refractivity contribution in [2.45, 2.75) is 57.7 Å². The maximum Gasteiger partial charge on any atom is 0.263 e. The molecule has 0 fully saturated rings. The Kier molecular flexibility index (Phi) is 11.2. The molecule has 0 heterocycles. The molecule has 0 aliphatic carbocycles. The lowest BCUT2D eigenvalue weighted by Gasteiger charge is -2.35. The van der Waals surface area contributed by atoms with E-state index in [9.17, 15) is 19.2 Å². The first kappa shape index (κ1) is 33.0. The van der Waals surface area contributed by atoms with Crippen molar-refractivity contribution < 1.29 is 19.2 Å². The number of nitrogens with two attached hydrogens (primary N) is 1. The monoisotopic (exact) mass is 585 g/mol. The third kappa shape index (κ3) is 9.51. The van der Waals surface area contributed by atoms with E-state index in [1.54, 1.807) is 20.2 Å². The standard InChI is InChI=1S/C34H43N5O4/c1-24(40)36-39(6)33(43)30(22-25-13-8-7-9-14-25)38(5)32(42)29(37(4)31(41)17-12-20-34(2,3)35)23-26-18-19-27-15-10-11-16-28(27)21-26/h7-19,21,29-30H,20,22-23,35H2,1-6H3,(H,36,40)/b17-12+/t29-,30+/m1/s1. The molecular weight excluding hydrogens is 542 g/mol. The van der Waals surface area contributed by atoms with Crippen LogP contribution in [-0.4, -0.2) is 77.2 Å². The average Bonchev–Trinajstić information content (AvgIpc) is 2.96. The van der Waals surface area contributed by atoms with Gasteiger partial charge in [0.15, 0.2) is 0 Å². The second-order valence-corrected chi connectivity index (χ2v) is 11.7. The van der Waals surface area contributed by atoms with E-state index in [0.29, 0.717) is 6.42 Å². The number of nitrogens with zero attached hydrogens (tertiary/aromatic N) is 3. The highest BCUT2D eigenvalue weighted by Crippen LogP contribution is 2.20. The van der Waals surface area contributed by atoms with Crippen molar-refractivity contribution in [3.63, 3.8) is 0 Å². The van der Waals surface area contributed by atoms with E-state index in [1.165, 1.54) is 29.8 Å². The molecule has 0 saturated carbocycles. The predicted molar refractivity (Wildman–Crippen MR) is 170 cm³/mol. The highest BCUT2D eigenvalue weighted by molar-refractivity contribution is 5.95. The van der Waals surface area contributed by atoms with Crippen LogP contribution in [-0.2, 0) is 32.0 Å². The van der Waals surface area contributed by atoms with Gasteiger partial charge in [0, 0.05) is 46.4 Å². The van der Waals surface area contributed by atoms with Crippen LogP contribution in [0.2, 0.25) is 0 Å². The number of likely N-dealkylation sites (N-methyl/N-ethyl adjacent to an activating group) is 3. The fraction of sp³-hybridized carbons (Fsp3) is 0.353. The van der Waals surface area contributed by atoms with Crippen molar-refractivity contribution in [2.75, 3.05) is 21.1 Å². The molecule has 0 radical (unpaired) electrons. The molecule has 0 bridgehead atoms. The second-order valence-electron chi connectivity index (χ2n) is 11.7. The first-order chi connectivity index (χ1) is 20.3. The number of rotatable bonds is 11. The molecule has 3 rings (SSSR count). The smallest absolute Gasteiger partial charge is 0.263 e. The minimum atomic E-state index is -0.942. The van der Waals surface area contributed by atoms with Crippen molar-refractivity contribution in [1.82, 2.24) is 20.2 Å². The summed E-state index contributed by atoms with van der Waals surface area (Å²) in [5.41, 5.74) is 9.80. The molecule has 3 aromatic carbocycles. The van der Waals surface area contributed by atoms with Gasteiger partial charge in [-0.1, -0.05) is 78.9 Å². The number of carbonyl (C=O) groups is 4. The SMILES string of the molecule is CC(=O)NN(C)C(=O)[C@H](Cc1ccccc1)N(C)C(=O)[C@@H](Cc1ccc2ccccc2c1)N(C)C(=O)/C=C/CC(C)(C)N. The summed E-state index contributed by atoms with van der Waals surface area (Å²) in [4.78, 5) is 55.8. The van der Waals surface area contributed by atoms with Crippen LogP contribution in [0.4, 0.5) is 0 Å². The number of carbonyl (C=O) groups excluding carboxylic acids is 4. The van der Waals surface area contributed by atoms with Gasteiger partial charge in [-0.25, -0.2) is 0 Å². The Bertz CT molecular complexity index is 1460. The summed E-state index contributed by atoms with van der Waals surface area (Å²) in [5.74, 6) is -1.62. The summed E-state index contributed by atoms with van der Waals surface area (Å²) >= 11 is 0. The van der Waals surface area contributed by atoms with E-state index in [4.69, 9.17) is 5.73 Å². The molecule has 0 aliphatic rings. The quantitative estimate of drug-likeness (QED) is 0.264. The Hall–Kier alpha value is -4.50. The van der Waals surface area contributed by atoms with Gasteiger partial charge < -0.3 is 15.5 Å². The maximum absolute atomic E-state index is 14.3. The molecule has 0 saturated heterocycles. The van der Waals surface area contributed by atoms with E-state index < -0.39 is 35.3 Å². The molecule has 9 heteroatoms. The minimum Gasteiger partial charge on any atom is -0.332 e. The summed E-state index contributed by atoms with van der Waals surface area (Å²) in [6, 6.07) is 21.4. The van der Waals surface area contributed by atoms with Crippen LogP contribution in [0.3, 0.4) is 0 Å². The van der Waals surface area contributed by atoms with Crippen molar-refractivity contribution >= 4 is 34.4 Å². The summed E-state index contributed by atoms with van der Waals surface area (Å²) in [6.45, 7) is 5.05. The normalized spacial score (nSPS) is 12.9. The Morgan fingerprint density at radius 3 is 2.00 bits per heavy atom. The molecule has 43 heavy (non-hydrogen) atoms. The van der Waals surface area contributed by atoms with Crippen LogP contribution in [0.1, 0.15) is 38.3 Å². The Labute approximate surface area is 254 Å². The molecule has 4 amide bonds. The molecule has 0 aliphatic heterocycles. The highest BCUT2D eigenvalue weighted by atomic mass is 16.2. The zero-order valence-electron chi connectivity index (χ0n) is 25.9. The van der Waals surface area contributed by atoms with Gasteiger partial charge in [-0.2, -0.15) is 0 Å². The van der Waals surface area contributed by atoms with Gasteiger partial charge in [-0.05, 0) is 48.2 Å². The molecule has 228 valence electrons. The summed E-state index contributed by atoms with van der Waals surface area (Å²) in [5, 5.41) is 3.19. The number of amides is 4. The molecule has 0 aromatic heterocycles. The lowest BCUT2D eigenvalue weighted by atomic mass is 9.98. The average molecular weight is 586 g/mol. The highest BCUT2D eigenvalue weighted by Gasteiger charge is 2.36. The van der Waals surface area contributed by atoms with Gasteiger partial charge >= 0.3 is 0 Å². The molecule has 3 N–H and O–H groups in total. The van der Waals surface area contributed by atoms with Crippen molar-refractivity contribution in [1.29, 1.82) is 0 Å². The Morgan fingerprint density at radius 1 is 0.791 bits per heavy atom. The third-order valence-electron chi connectivity index (χ3n) is 7.28. The van der Waals surface area contributed by atoms with Gasteiger partial charge in [0.2, 0.25) is 17.7 Å². The lowest BCUT2D eigenvalue weighted by Crippen LogP contribution is -2.58. The van der Waals surface area contributed by atoms with E-state index in [1.807, 2.05) is 86.6 Å². The van der Waals surface area contributed by atoms with Crippen molar-refractivity contribution in [3.8, 4) is 0 Å². The van der Waals surface area contributed by atoms with Gasteiger partial charge in [-0.3, -0.25) is 29.6 Å². The second kappa shape index (κ2) is 14.6. The van der Waals surface area contributed by atoms with E-state index in [0.717, 1.165) is 26.9 Å². The molecule has 0 spiro atoms. The fourth-order valence-corrected chi connectivity index (χ4v) is 4.84. The fourth-order valence-electron chi connectivity index (χ4n) is 4.84. The zero-order valence-corrected chi connectivity index (χ0v) is 25.9. The van der Waals surface area contributed by atoms with Crippen LogP contribution < -0.4 is 11.2 Å². The molecular formula is C34H43N5O4. The number of benzene rings is 3. The summed E-state index contributed by atoms with van der Waals surface area (Å²) in [7, 11) is 4.61. The third-order valence-corrected chi connectivity index (χ3v) is 7.28. The topological polar surface area (TPSA) is 116 Å². The van der Waals surface area contributed by atoms with Gasteiger partial charge in [0.1, 0.15) is 12.1 Å². The largest absolute Gasteiger partial charge is 0.332 e. The van der Waals surface area contributed by atoms with Gasteiger partial charge in [0.25, 0.3) is 5.91 Å². The minimum absolute atomic E-state index is 0.220. The van der Waals surface area contributed by atoms with Crippen LogP contribution in [0, 0.1) is 0 Å². The van der Waals surface area contributed by atoms with Crippen LogP contribution >= 0.6 is 0 Å². The van der Waals surface area contributed by atoms with Crippen LogP contribution in [0.5, 0.6) is 0 Å². The van der Waals surface area contributed by atoms with Gasteiger partial charge in [0.05, 0.1) is 0 Å². The summed E-state index contributed by atoms with van der Waals surface area (Å²) < 4.78 is 0. The molecule has 3 aromatic rings. The number of hydrazine groups is 1. The van der Waals surface area contributed by atoms with Crippen molar-refractivity contribution in [2.24, 2.45) is 5.73 Å². The van der Waals surface area contributed by atoms with Crippen LogP contribution in [0.15, 0.2) is 84.9 Å². The lowest BCUT2D eigenvalue weighted by molar-refractivity contribution is -0.151. The number of fused-ring (bicyclic) bond motifs is 1. The molecule has 9 nitrogen and oxygen atoms in total. The molecule has 0 unspecified atom stereocenters. The Balaban J connectivity index is 1.98. The van der Waals surface area contributed by atoms with E-state index in [2.05, 4.69) is 5.43 Å².